The van der Waals surface area contributed by atoms with Crippen LogP contribution in [0.2, 0.25) is 0 Å². The summed E-state index contributed by atoms with van der Waals surface area (Å²) < 4.78 is 0. The van der Waals surface area contributed by atoms with Crippen LogP contribution < -0.4 is 9.80 Å². The van der Waals surface area contributed by atoms with E-state index in [4.69, 9.17) is 0 Å². The second-order valence-electron chi connectivity index (χ2n) is 6.40. The summed E-state index contributed by atoms with van der Waals surface area (Å²) in [6.07, 6.45) is 7.84. The monoisotopic (exact) mass is 323 g/mol. The molecule has 0 bridgehead atoms. The van der Waals surface area contributed by atoms with E-state index >= 15 is 0 Å². The molecule has 0 spiro atoms. The molecule has 1 amide bonds. The third-order valence-corrected chi connectivity index (χ3v) is 4.61. The van der Waals surface area contributed by atoms with E-state index in [9.17, 15) is 4.79 Å². The average Bonchev–Trinajstić information content (AvgIpc) is 2.65. The van der Waals surface area contributed by atoms with Gasteiger partial charge in [-0.05, 0) is 37.0 Å². The number of rotatable bonds is 5. The number of nitrogens with zero attached hydrogens (tertiary/aromatic N) is 3. The fraction of sp³-hybridized carbons (Fsp3) is 0.400. The fourth-order valence-corrected chi connectivity index (χ4v) is 3.18. The number of amides is 1. The van der Waals surface area contributed by atoms with Crippen molar-refractivity contribution in [2.45, 2.75) is 32.6 Å². The minimum absolute atomic E-state index is 0.0420. The number of carbonyl (C=O) groups is 1. The summed E-state index contributed by atoms with van der Waals surface area (Å²) >= 11 is 0. The first kappa shape index (κ1) is 16.5. The van der Waals surface area contributed by atoms with Crippen LogP contribution in [-0.4, -0.2) is 31.0 Å². The number of benzene rings is 1. The van der Waals surface area contributed by atoms with Crippen LogP contribution in [0.3, 0.4) is 0 Å². The van der Waals surface area contributed by atoms with Crippen molar-refractivity contribution in [1.82, 2.24) is 4.98 Å². The molecule has 0 atom stereocenters. The number of aryl methyl sites for hydroxylation is 1. The number of fused-ring (bicyclic) bond motifs is 1. The number of aromatic nitrogens is 1. The SMILES string of the molecule is CCCCN(C)c1cncc(C(=O)N2CCCc3ccccc32)c1. The molecule has 1 aromatic carbocycles. The minimum Gasteiger partial charge on any atom is -0.373 e. The lowest BCUT2D eigenvalue weighted by Gasteiger charge is -2.29. The van der Waals surface area contributed by atoms with Gasteiger partial charge in [-0.2, -0.15) is 0 Å². The Hall–Kier alpha value is -2.36. The van der Waals surface area contributed by atoms with E-state index < -0.39 is 0 Å². The van der Waals surface area contributed by atoms with Gasteiger partial charge in [0.1, 0.15) is 0 Å². The highest BCUT2D eigenvalue weighted by Crippen LogP contribution is 2.28. The summed E-state index contributed by atoms with van der Waals surface area (Å²) in [5, 5.41) is 0. The molecule has 0 unspecified atom stereocenters. The lowest BCUT2D eigenvalue weighted by molar-refractivity contribution is 0.0985. The topological polar surface area (TPSA) is 36.4 Å². The van der Waals surface area contributed by atoms with E-state index in [1.165, 1.54) is 5.56 Å². The third kappa shape index (κ3) is 3.42. The molecule has 0 radical (unpaired) electrons. The highest BCUT2D eigenvalue weighted by Gasteiger charge is 2.23. The van der Waals surface area contributed by atoms with Crippen molar-refractivity contribution < 1.29 is 4.79 Å². The molecule has 126 valence electrons. The van der Waals surface area contributed by atoms with Gasteiger partial charge in [-0.15, -0.1) is 0 Å². The zero-order valence-corrected chi connectivity index (χ0v) is 14.5. The van der Waals surface area contributed by atoms with Crippen molar-refractivity contribution in [2.24, 2.45) is 0 Å². The lowest BCUT2D eigenvalue weighted by atomic mass is 10.0. The highest BCUT2D eigenvalue weighted by atomic mass is 16.2. The quantitative estimate of drug-likeness (QED) is 0.837. The molecule has 2 aromatic rings. The van der Waals surface area contributed by atoms with E-state index in [-0.39, 0.29) is 5.91 Å². The molecule has 4 heteroatoms. The molecule has 1 aromatic heterocycles. The van der Waals surface area contributed by atoms with Crippen LogP contribution in [0.5, 0.6) is 0 Å². The van der Waals surface area contributed by atoms with Crippen molar-refractivity contribution in [3.8, 4) is 0 Å². The van der Waals surface area contributed by atoms with Gasteiger partial charge in [0.05, 0.1) is 17.4 Å². The summed E-state index contributed by atoms with van der Waals surface area (Å²) in [6.45, 7) is 3.92. The second-order valence-corrected chi connectivity index (χ2v) is 6.40. The van der Waals surface area contributed by atoms with Crippen LogP contribution in [0.15, 0.2) is 42.7 Å². The van der Waals surface area contributed by atoms with Gasteiger partial charge >= 0.3 is 0 Å². The van der Waals surface area contributed by atoms with Gasteiger partial charge in [0.15, 0.2) is 0 Å². The van der Waals surface area contributed by atoms with Crippen LogP contribution in [0.25, 0.3) is 0 Å². The Balaban J connectivity index is 1.84. The van der Waals surface area contributed by atoms with Crippen molar-refractivity contribution in [2.75, 3.05) is 29.9 Å². The van der Waals surface area contributed by atoms with Gasteiger partial charge in [-0.1, -0.05) is 31.5 Å². The summed E-state index contributed by atoms with van der Waals surface area (Å²) in [7, 11) is 2.05. The summed E-state index contributed by atoms with van der Waals surface area (Å²) in [5.74, 6) is 0.0420. The number of hydrogen-bond acceptors (Lipinski definition) is 3. The molecule has 4 nitrogen and oxygen atoms in total. The first-order valence-corrected chi connectivity index (χ1v) is 8.76. The maximum absolute atomic E-state index is 13.0. The molecular formula is C20H25N3O. The largest absolute Gasteiger partial charge is 0.373 e. The van der Waals surface area contributed by atoms with Gasteiger partial charge < -0.3 is 9.80 Å². The Kier molecular flexibility index (Phi) is 5.14. The Labute approximate surface area is 144 Å². The number of para-hydroxylation sites is 1. The Morgan fingerprint density at radius 2 is 2.12 bits per heavy atom. The Bertz CT molecular complexity index is 714. The number of pyridine rings is 1. The van der Waals surface area contributed by atoms with Crippen LogP contribution >= 0.6 is 0 Å². The molecule has 0 saturated carbocycles. The molecule has 3 rings (SSSR count). The van der Waals surface area contributed by atoms with E-state index in [0.29, 0.717) is 5.56 Å². The zero-order chi connectivity index (χ0) is 16.9. The zero-order valence-electron chi connectivity index (χ0n) is 14.5. The van der Waals surface area contributed by atoms with Gasteiger partial charge in [0.25, 0.3) is 5.91 Å². The van der Waals surface area contributed by atoms with Crippen molar-refractivity contribution in [3.05, 3.63) is 53.9 Å². The average molecular weight is 323 g/mol. The van der Waals surface area contributed by atoms with Crippen molar-refractivity contribution >= 4 is 17.3 Å². The van der Waals surface area contributed by atoms with Gasteiger partial charge in [0.2, 0.25) is 0 Å². The van der Waals surface area contributed by atoms with E-state index in [2.05, 4.69) is 29.9 Å². The second kappa shape index (κ2) is 7.47. The molecule has 24 heavy (non-hydrogen) atoms. The summed E-state index contributed by atoms with van der Waals surface area (Å²) in [5.41, 5.74) is 3.95. The Morgan fingerprint density at radius 3 is 2.96 bits per heavy atom. The van der Waals surface area contributed by atoms with Crippen LogP contribution in [0, 0.1) is 0 Å². The molecule has 0 saturated heterocycles. The lowest BCUT2D eigenvalue weighted by Crippen LogP contribution is -2.35. The van der Waals surface area contributed by atoms with Crippen molar-refractivity contribution in [1.29, 1.82) is 0 Å². The normalized spacial score (nSPS) is 13.5. The molecule has 0 aliphatic carbocycles. The van der Waals surface area contributed by atoms with Gasteiger partial charge in [-0.25, -0.2) is 0 Å². The summed E-state index contributed by atoms with van der Waals surface area (Å²) in [4.78, 5) is 21.4. The van der Waals surface area contributed by atoms with E-state index in [1.54, 1.807) is 6.20 Å². The van der Waals surface area contributed by atoms with Crippen LogP contribution in [0.4, 0.5) is 11.4 Å². The number of unbranched alkanes of at least 4 members (excludes halogenated alkanes) is 1. The molecular weight excluding hydrogens is 298 g/mol. The van der Waals surface area contributed by atoms with E-state index in [0.717, 1.165) is 50.1 Å². The molecule has 1 aliphatic heterocycles. The van der Waals surface area contributed by atoms with E-state index in [1.807, 2.05) is 35.4 Å². The maximum Gasteiger partial charge on any atom is 0.259 e. The number of carbonyl (C=O) groups excluding carboxylic acids is 1. The minimum atomic E-state index is 0.0420. The predicted octanol–water partition coefficient (Wildman–Crippen LogP) is 3.91. The molecule has 2 heterocycles. The molecule has 1 aliphatic rings. The number of anilines is 2. The predicted molar refractivity (Wildman–Crippen MR) is 98.9 cm³/mol. The Morgan fingerprint density at radius 1 is 1.29 bits per heavy atom. The number of hydrogen-bond donors (Lipinski definition) is 0. The van der Waals surface area contributed by atoms with Gasteiger partial charge in [-0.3, -0.25) is 9.78 Å². The van der Waals surface area contributed by atoms with Gasteiger partial charge in [0, 0.05) is 32.0 Å². The fourth-order valence-electron chi connectivity index (χ4n) is 3.18. The molecule has 0 N–H and O–H groups in total. The third-order valence-electron chi connectivity index (χ3n) is 4.61. The van der Waals surface area contributed by atoms with Crippen LogP contribution in [0.1, 0.15) is 42.1 Å². The maximum atomic E-state index is 13.0. The first-order chi connectivity index (χ1) is 11.7. The van der Waals surface area contributed by atoms with Crippen LogP contribution in [-0.2, 0) is 6.42 Å². The smallest absolute Gasteiger partial charge is 0.259 e. The summed E-state index contributed by atoms with van der Waals surface area (Å²) in [6, 6.07) is 10.1. The highest BCUT2D eigenvalue weighted by molar-refractivity contribution is 6.07. The first-order valence-electron chi connectivity index (χ1n) is 8.76. The van der Waals surface area contributed by atoms with Crippen molar-refractivity contribution in [3.63, 3.8) is 0 Å². The molecule has 0 fully saturated rings. The standard InChI is InChI=1S/C20H25N3O/c1-3-4-11-22(2)18-13-17(14-21-15-18)20(24)23-12-7-9-16-8-5-6-10-19(16)23/h5-6,8,10,13-15H,3-4,7,9,11-12H2,1-2H3.